The van der Waals surface area contributed by atoms with Gasteiger partial charge in [0, 0.05) is 25.7 Å². The Morgan fingerprint density at radius 2 is 0.552 bits per heavy atom. The predicted molar refractivity (Wildman–Crippen MR) is 349 cm³/mol. The second-order valence-corrected chi connectivity index (χ2v) is 28.9. The van der Waals surface area contributed by atoms with Crippen LogP contribution in [0.3, 0.4) is 0 Å². The molecule has 0 fully saturated rings. The van der Waals surface area contributed by atoms with Gasteiger partial charge < -0.3 is 33.8 Å². The molecule has 0 aliphatic rings. The first-order valence-electron chi connectivity index (χ1n) is 35.3. The molecule has 7 atom stereocenters. The minimum Gasteiger partial charge on any atom is -0.462 e. The first kappa shape index (κ1) is 85.1. The SMILES string of the molecule is CCC(C)CCCCCCCCCCCCC(=O)O[C@H](COC(=O)CCCCCCCCC(C)CC)COP(=O)(O)OC[C@@H](O)COP(=O)(O)OC[C@@H](COC(=O)CCCCCCCCC(C)C)OC(=O)CCCCCCCCCCCCCC(C)C. The highest BCUT2D eigenvalue weighted by atomic mass is 31.2. The molecular weight excluding hydrogens is 1150 g/mol. The van der Waals surface area contributed by atoms with Gasteiger partial charge in [0.05, 0.1) is 26.4 Å². The number of aliphatic hydroxyl groups excluding tert-OH is 1. The average Bonchev–Trinajstić information content (AvgIpc) is 3.63. The Kier molecular flexibility index (Phi) is 56.6. The van der Waals surface area contributed by atoms with Crippen molar-refractivity contribution in [3.8, 4) is 0 Å². The third kappa shape index (κ3) is 60.1. The molecule has 0 rings (SSSR count). The Labute approximate surface area is 530 Å². The molecule has 0 aromatic carbocycles. The summed E-state index contributed by atoms with van der Waals surface area (Å²) in [4.78, 5) is 72.4. The minimum absolute atomic E-state index is 0.105. The molecule has 0 aliphatic heterocycles. The summed E-state index contributed by atoms with van der Waals surface area (Å²) >= 11 is 0. The number of phosphoric ester groups is 2. The zero-order chi connectivity index (χ0) is 64.7. The van der Waals surface area contributed by atoms with Crippen LogP contribution >= 0.6 is 15.6 Å². The van der Waals surface area contributed by atoms with E-state index < -0.39 is 97.5 Å². The molecule has 0 amide bonds. The Balaban J connectivity index is 5.25. The van der Waals surface area contributed by atoms with Crippen LogP contribution in [-0.2, 0) is 65.4 Å². The van der Waals surface area contributed by atoms with Crippen LogP contribution in [0.5, 0.6) is 0 Å². The number of carbonyl (C=O) groups excluding carboxylic acids is 4. The maximum Gasteiger partial charge on any atom is 0.472 e. The predicted octanol–water partition coefficient (Wildman–Crippen LogP) is 18.9. The quantitative estimate of drug-likeness (QED) is 0.0222. The summed E-state index contributed by atoms with van der Waals surface area (Å²) in [5.41, 5.74) is 0. The Morgan fingerprint density at radius 1 is 0.322 bits per heavy atom. The van der Waals surface area contributed by atoms with E-state index in [-0.39, 0.29) is 25.7 Å². The van der Waals surface area contributed by atoms with E-state index in [1.54, 1.807) is 0 Å². The molecule has 87 heavy (non-hydrogen) atoms. The van der Waals surface area contributed by atoms with Crippen LogP contribution in [0.1, 0.15) is 331 Å². The van der Waals surface area contributed by atoms with Gasteiger partial charge in [-0.3, -0.25) is 37.3 Å². The zero-order valence-corrected chi connectivity index (χ0v) is 58.4. The van der Waals surface area contributed by atoms with Gasteiger partial charge in [0.25, 0.3) is 0 Å². The third-order valence-electron chi connectivity index (χ3n) is 16.3. The van der Waals surface area contributed by atoms with Crippen molar-refractivity contribution in [1.82, 2.24) is 0 Å². The molecule has 19 heteroatoms. The molecule has 0 bridgehead atoms. The molecule has 0 spiro atoms. The number of ether oxygens (including phenoxy) is 4. The number of hydrogen-bond donors (Lipinski definition) is 3. The summed E-state index contributed by atoms with van der Waals surface area (Å²) in [5, 5.41) is 10.6. The van der Waals surface area contributed by atoms with E-state index in [9.17, 15) is 43.2 Å². The van der Waals surface area contributed by atoms with E-state index in [0.29, 0.717) is 31.6 Å². The standard InChI is InChI=1S/C68H132O17P2/c1-9-60(7)46-38-30-21-17-14-15-19-23-35-43-51-68(73)85-64(55-79-66(71)49-41-33-27-25-31-39-47-61(8)10-2)57-83-87(76,77)81-53-62(69)52-80-86(74,75)82-56-63(54-78-65(70)48-40-32-26-24-29-37-45-59(5)6)84-67(72)50-42-34-22-18-13-11-12-16-20-28-36-44-58(3)4/h58-64,69H,9-57H2,1-8H3,(H,74,75)(H,76,77)/t60?,61?,62-,63+,64+/m0/s1. The fraction of sp³-hybridized carbons (Fsp3) is 0.941. The average molecular weight is 1280 g/mol. The van der Waals surface area contributed by atoms with Crippen molar-refractivity contribution in [3.05, 3.63) is 0 Å². The largest absolute Gasteiger partial charge is 0.472 e. The molecular formula is C68H132O17P2. The first-order chi connectivity index (χ1) is 41.7. The fourth-order valence-corrected chi connectivity index (χ4v) is 11.7. The highest BCUT2D eigenvalue weighted by Gasteiger charge is 2.30. The lowest BCUT2D eigenvalue weighted by molar-refractivity contribution is -0.161. The van der Waals surface area contributed by atoms with Crippen molar-refractivity contribution in [2.24, 2.45) is 23.7 Å². The second kappa shape index (κ2) is 57.9. The van der Waals surface area contributed by atoms with Crippen LogP contribution in [-0.4, -0.2) is 96.7 Å². The van der Waals surface area contributed by atoms with Crippen LogP contribution < -0.4 is 0 Å². The van der Waals surface area contributed by atoms with E-state index >= 15 is 0 Å². The number of carbonyl (C=O) groups is 4. The summed E-state index contributed by atoms with van der Waals surface area (Å²) in [6.07, 6.45) is 39.0. The van der Waals surface area contributed by atoms with Crippen molar-refractivity contribution in [1.29, 1.82) is 0 Å². The van der Waals surface area contributed by atoms with Gasteiger partial charge in [-0.15, -0.1) is 0 Å². The van der Waals surface area contributed by atoms with Crippen molar-refractivity contribution in [2.45, 2.75) is 350 Å². The van der Waals surface area contributed by atoms with E-state index in [0.717, 1.165) is 120 Å². The lowest BCUT2D eigenvalue weighted by Gasteiger charge is -2.21. The molecule has 0 heterocycles. The molecule has 0 saturated carbocycles. The van der Waals surface area contributed by atoms with Crippen molar-refractivity contribution in [3.63, 3.8) is 0 Å². The Morgan fingerprint density at radius 3 is 0.816 bits per heavy atom. The lowest BCUT2D eigenvalue weighted by Crippen LogP contribution is -2.30. The number of esters is 4. The Hall–Kier alpha value is -1.94. The molecule has 0 aliphatic carbocycles. The van der Waals surface area contributed by atoms with E-state index in [2.05, 4.69) is 55.4 Å². The van der Waals surface area contributed by atoms with Crippen LogP contribution in [0, 0.1) is 23.7 Å². The highest BCUT2D eigenvalue weighted by Crippen LogP contribution is 2.45. The van der Waals surface area contributed by atoms with Gasteiger partial charge in [-0.2, -0.15) is 0 Å². The van der Waals surface area contributed by atoms with Gasteiger partial charge >= 0.3 is 39.5 Å². The van der Waals surface area contributed by atoms with E-state index in [1.807, 2.05) is 0 Å². The highest BCUT2D eigenvalue weighted by molar-refractivity contribution is 7.47. The van der Waals surface area contributed by atoms with Gasteiger partial charge in [0.2, 0.25) is 0 Å². The van der Waals surface area contributed by atoms with Crippen LogP contribution in [0.4, 0.5) is 0 Å². The maximum absolute atomic E-state index is 13.0. The number of rotatable bonds is 65. The molecule has 17 nitrogen and oxygen atoms in total. The van der Waals surface area contributed by atoms with Crippen LogP contribution in [0.2, 0.25) is 0 Å². The molecule has 0 saturated heterocycles. The van der Waals surface area contributed by atoms with Gasteiger partial charge in [-0.1, -0.05) is 280 Å². The number of aliphatic hydroxyl groups is 1. The molecule has 3 N–H and O–H groups in total. The molecule has 4 unspecified atom stereocenters. The molecule has 516 valence electrons. The summed E-state index contributed by atoms with van der Waals surface area (Å²) in [6, 6.07) is 0. The summed E-state index contributed by atoms with van der Waals surface area (Å²) < 4.78 is 68.2. The molecule has 0 aromatic heterocycles. The van der Waals surface area contributed by atoms with Crippen LogP contribution in [0.25, 0.3) is 0 Å². The van der Waals surface area contributed by atoms with E-state index in [1.165, 1.54) is 122 Å². The minimum atomic E-state index is -4.95. The van der Waals surface area contributed by atoms with Crippen molar-refractivity contribution < 1.29 is 80.2 Å². The smallest absolute Gasteiger partial charge is 0.462 e. The Bertz CT molecular complexity index is 1730. The van der Waals surface area contributed by atoms with Gasteiger partial charge in [-0.05, 0) is 49.4 Å². The van der Waals surface area contributed by atoms with Crippen molar-refractivity contribution >= 4 is 39.5 Å². The summed E-state index contributed by atoms with van der Waals surface area (Å²) in [6.45, 7) is 14.0. The molecule has 0 aromatic rings. The first-order valence-corrected chi connectivity index (χ1v) is 38.3. The van der Waals surface area contributed by atoms with Gasteiger partial charge in [0.1, 0.15) is 19.3 Å². The van der Waals surface area contributed by atoms with E-state index in [4.69, 9.17) is 37.0 Å². The second-order valence-electron chi connectivity index (χ2n) is 26.0. The number of phosphoric acid groups is 2. The monoisotopic (exact) mass is 1280 g/mol. The van der Waals surface area contributed by atoms with Crippen LogP contribution in [0.15, 0.2) is 0 Å². The summed E-state index contributed by atoms with van der Waals surface area (Å²) in [5.74, 6) is 0.844. The lowest BCUT2D eigenvalue weighted by atomic mass is 9.99. The van der Waals surface area contributed by atoms with Crippen molar-refractivity contribution in [2.75, 3.05) is 39.6 Å². The number of hydrogen-bond acceptors (Lipinski definition) is 15. The molecule has 0 radical (unpaired) electrons. The van der Waals surface area contributed by atoms with Gasteiger partial charge in [-0.25, -0.2) is 9.13 Å². The maximum atomic E-state index is 13.0. The summed E-state index contributed by atoms with van der Waals surface area (Å²) in [7, 11) is -9.90. The topological polar surface area (TPSA) is 237 Å². The fourth-order valence-electron chi connectivity index (χ4n) is 10.1. The van der Waals surface area contributed by atoms with Gasteiger partial charge in [0.15, 0.2) is 12.2 Å². The number of unbranched alkanes of at least 4 members (excludes halogenated alkanes) is 29. The third-order valence-corrected chi connectivity index (χ3v) is 18.2. The zero-order valence-electron chi connectivity index (χ0n) is 56.6. The normalized spacial score (nSPS) is 15.0.